The summed E-state index contributed by atoms with van der Waals surface area (Å²) < 4.78 is 100. The molecule has 1 N–H and O–H groups in total. The van der Waals surface area contributed by atoms with Gasteiger partial charge < -0.3 is 4.74 Å². The van der Waals surface area contributed by atoms with E-state index in [4.69, 9.17) is 9.29 Å². The maximum Gasteiger partial charge on any atom is 0.398 e. The molecule has 3 rings (SSSR count). The molecule has 0 aromatic rings. The number of carbonyl (C=O) groups excluding carboxylic acids is 1. The largest absolute Gasteiger partial charge is 0.465 e. The van der Waals surface area contributed by atoms with E-state index in [0.29, 0.717) is 24.2 Å². The van der Waals surface area contributed by atoms with Gasteiger partial charge in [0.1, 0.15) is 5.92 Å². The van der Waals surface area contributed by atoms with Gasteiger partial charge in [-0.3, -0.25) is 9.35 Å². The summed E-state index contributed by atoms with van der Waals surface area (Å²) in [6.45, 7) is -0.990. The second-order valence-electron chi connectivity index (χ2n) is 7.85. The molecule has 3 saturated carbocycles. The number of hydrogen-bond acceptors (Lipinski definition) is 4. The third-order valence-electron chi connectivity index (χ3n) is 6.53. The fourth-order valence-corrected chi connectivity index (χ4v) is 6.04. The summed E-state index contributed by atoms with van der Waals surface area (Å²) in [5.41, 5.74) is 0. The predicted octanol–water partition coefficient (Wildman–Crippen LogP) is 3.65. The molecule has 0 aromatic heterocycles. The second-order valence-corrected chi connectivity index (χ2v) is 9.34. The number of rotatable bonds is 6. The highest BCUT2D eigenvalue weighted by molar-refractivity contribution is 7.86. The standard InChI is InChI=1S/C16H21F5O5S/c17-15(18,19)13(16(20,21)27(23,24)25)4-5-26-14(22)12-7-8-6-11(12)10-3-1-2-9(8)10/h8-13H,1-7H2,(H,23,24,25). The minimum Gasteiger partial charge on any atom is -0.465 e. The highest BCUT2D eigenvalue weighted by Crippen LogP contribution is 2.61. The van der Waals surface area contributed by atoms with Crippen molar-refractivity contribution in [2.75, 3.05) is 6.61 Å². The average molecular weight is 420 g/mol. The third kappa shape index (κ3) is 3.68. The molecule has 0 saturated heterocycles. The molecular weight excluding hydrogens is 399 g/mol. The molecule has 27 heavy (non-hydrogen) atoms. The van der Waals surface area contributed by atoms with Crippen LogP contribution in [0.25, 0.3) is 0 Å². The van der Waals surface area contributed by atoms with Gasteiger partial charge >= 0.3 is 27.5 Å². The number of hydrogen-bond donors (Lipinski definition) is 1. The van der Waals surface area contributed by atoms with Crippen molar-refractivity contribution >= 4 is 16.1 Å². The van der Waals surface area contributed by atoms with Gasteiger partial charge in [-0.05, 0) is 49.4 Å². The molecule has 6 atom stereocenters. The molecule has 2 bridgehead atoms. The lowest BCUT2D eigenvalue weighted by molar-refractivity contribution is -0.223. The molecule has 3 fully saturated rings. The summed E-state index contributed by atoms with van der Waals surface area (Å²) >= 11 is 0. The first-order chi connectivity index (χ1) is 12.3. The van der Waals surface area contributed by atoms with Crippen LogP contribution >= 0.6 is 0 Å². The highest BCUT2D eigenvalue weighted by Gasteiger charge is 2.62. The van der Waals surface area contributed by atoms with Gasteiger partial charge in [-0.15, -0.1) is 0 Å². The maximum absolute atomic E-state index is 13.5. The number of ether oxygens (including phenoxy) is 1. The minimum atomic E-state index is -6.26. The molecule has 156 valence electrons. The molecule has 6 unspecified atom stereocenters. The summed E-state index contributed by atoms with van der Waals surface area (Å²) in [6.07, 6.45) is -2.29. The SMILES string of the molecule is O=C(OCCC(C(F)(F)F)C(F)(F)S(=O)(=O)O)C1CC2CC1C1CCCC21. The molecule has 5 nitrogen and oxygen atoms in total. The van der Waals surface area contributed by atoms with Gasteiger partial charge in [0, 0.05) is 6.42 Å². The smallest absolute Gasteiger partial charge is 0.398 e. The Morgan fingerprint density at radius 1 is 1.07 bits per heavy atom. The Labute approximate surface area is 153 Å². The van der Waals surface area contributed by atoms with Gasteiger partial charge in [-0.2, -0.15) is 30.4 Å². The van der Waals surface area contributed by atoms with Crippen LogP contribution in [0.15, 0.2) is 0 Å². The van der Waals surface area contributed by atoms with E-state index in [9.17, 15) is 35.2 Å². The molecule has 0 heterocycles. The van der Waals surface area contributed by atoms with Gasteiger partial charge in [0.2, 0.25) is 0 Å². The van der Waals surface area contributed by atoms with Crippen molar-refractivity contribution in [2.24, 2.45) is 35.5 Å². The first kappa shape index (κ1) is 20.8. The lowest BCUT2D eigenvalue weighted by Gasteiger charge is -2.30. The normalized spacial score (nSPS) is 34.5. The topological polar surface area (TPSA) is 80.7 Å². The third-order valence-corrected chi connectivity index (χ3v) is 7.50. The first-order valence-corrected chi connectivity index (χ1v) is 10.4. The van der Waals surface area contributed by atoms with Crippen LogP contribution in [0, 0.1) is 35.5 Å². The van der Waals surface area contributed by atoms with Crippen LogP contribution in [0.1, 0.15) is 38.5 Å². The number of fused-ring (bicyclic) bond motifs is 5. The predicted molar refractivity (Wildman–Crippen MR) is 82.2 cm³/mol. The Hall–Kier alpha value is -0.970. The Kier molecular flexibility index (Phi) is 5.24. The van der Waals surface area contributed by atoms with Gasteiger partial charge in [0.05, 0.1) is 12.5 Å². The van der Waals surface area contributed by atoms with Crippen molar-refractivity contribution in [1.29, 1.82) is 0 Å². The van der Waals surface area contributed by atoms with Crippen LogP contribution in [0.5, 0.6) is 0 Å². The summed E-state index contributed by atoms with van der Waals surface area (Å²) in [7, 11) is -6.26. The van der Waals surface area contributed by atoms with Crippen molar-refractivity contribution in [3.8, 4) is 0 Å². The van der Waals surface area contributed by atoms with E-state index in [-0.39, 0.29) is 5.92 Å². The zero-order valence-corrected chi connectivity index (χ0v) is 15.1. The van der Waals surface area contributed by atoms with Crippen molar-refractivity contribution in [3.63, 3.8) is 0 Å². The van der Waals surface area contributed by atoms with Gasteiger partial charge in [0.25, 0.3) is 0 Å². The van der Waals surface area contributed by atoms with E-state index in [1.807, 2.05) is 0 Å². The van der Waals surface area contributed by atoms with Crippen molar-refractivity contribution in [1.82, 2.24) is 0 Å². The molecule has 3 aliphatic rings. The monoisotopic (exact) mass is 420 g/mol. The minimum absolute atomic E-state index is 0.132. The van der Waals surface area contributed by atoms with Crippen molar-refractivity contribution in [3.05, 3.63) is 0 Å². The van der Waals surface area contributed by atoms with E-state index in [2.05, 4.69) is 0 Å². The highest BCUT2D eigenvalue weighted by atomic mass is 32.2. The molecule has 3 aliphatic carbocycles. The lowest BCUT2D eigenvalue weighted by Crippen LogP contribution is -2.45. The average Bonchev–Trinajstić information content (AvgIpc) is 3.19. The number of carbonyl (C=O) groups is 1. The summed E-state index contributed by atoms with van der Waals surface area (Å²) in [5, 5.41) is -5.42. The van der Waals surface area contributed by atoms with E-state index >= 15 is 0 Å². The van der Waals surface area contributed by atoms with E-state index in [1.54, 1.807) is 0 Å². The number of esters is 1. The van der Waals surface area contributed by atoms with Crippen LogP contribution in [0.2, 0.25) is 0 Å². The van der Waals surface area contributed by atoms with Crippen molar-refractivity contribution < 1.29 is 44.5 Å². The van der Waals surface area contributed by atoms with E-state index in [0.717, 1.165) is 25.7 Å². The Morgan fingerprint density at radius 3 is 2.30 bits per heavy atom. The fraction of sp³-hybridized carbons (Fsp3) is 0.938. The molecule has 0 radical (unpaired) electrons. The quantitative estimate of drug-likeness (QED) is 0.403. The zero-order valence-electron chi connectivity index (χ0n) is 14.3. The fourth-order valence-electron chi connectivity index (χ4n) is 5.43. The van der Waals surface area contributed by atoms with Crippen LogP contribution in [-0.2, 0) is 19.6 Å². The summed E-state index contributed by atoms with van der Waals surface area (Å²) in [4.78, 5) is 12.2. The molecule has 0 amide bonds. The van der Waals surface area contributed by atoms with Gasteiger partial charge in [0.15, 0.2) is 0 Å². The number of alkyl halides is 5. The molecule has 0 spiro atoms. The van der Waals surface area contributed by atoms with Gasteiger partial charge in [-0.25, -0.2) is 0 Å². The second kappa shape index (κ2) is 6.82. The van der Waals surface area contributed by atoms with Crippen molar-refractivity contribution in [2.45, 2.75) is 50.0 Å². The maximum atomic E-state index is 13.5. The van der Waals surface area contributed by atoms with Crippen LogP contribution < -0.4 is 0 Å². The van der Waals surface area contributed by atoms with E-state index in [1.165, 1.54) is 0 Å². The summed E-state index contributed by atoms with van der Waals surface area (Å²) in [5.74, 6) is -3.23. The summed E-state index contributed by atoms with van der Waals surface area (Å²) in [6, 6.07) is 0. The van der Waals surface area contributed by atoms with Gasteiger partial charge in [-0.1, -0.05) is 6.42 Å². The van der Waals surface area contributed by atoms with E-state index < -0.39 is 52.4 Å². The number of halogens is 5. The zero-order chi connectivity index (χ0) is 20.2. The molecule has 11 heteroatoms. The molecule has 0 aliphatic heterocycles. The Morgan fingerprint density at radius 2 is 1.70 bits per heavy atom. The van der Waals surface area contributed by atoms with Crippen LogP contribution in [0.3, 0.4) is 0 Å². The van der Waals surface area contributed by atoms with Crippen LogP contribution in [-0.4, -0.2) is 37.0 Å². The van der Waals surface area contributed by atoms with Crippen LogP contribution in [0.4, 0.5) is 22.0 Å². The first-order valence-electron chi connectivity index (χ1n) is 8.92. The Bertz CT molecular complexity index is 692. The molecular formula is C16H21F5O5S. The lowest BCUT2D eigenvalue weighted by atomic mass is 9.76. The molecule has 0 aromatic carbocycles. The Balaban J connectivity index is 1.59.